The number of aromatic nitrogens is 3. The van der Waals surface area contributed by atoms with Crippen molar-refractivity contribution in [3.63, 3.8) is 0 Å². The second-order valence-electron chi connectivity index (χ2n) is 4.78. The Labute approximate surface area is 138 Å². The molecule has 1 aromatic heterocycles. The van der Waals surface area contributed by atoms with Crippen LogP contribution in [-0.2, 0) is 11.3 Å². The highest BCUT2D eigenvalue weighted by Gasteiger charge is 2.15. The molecule has 120 valence electrons. The summed E-state index contributed by atoms with van der Waals surface area (Å²) in [5.41, 5.74) is 6.96. The van der Waals surface area contributed by atoms with E-state index in [0.29, 0.717) is 17.5 Å². The molecule has 0 spiro atoms. The Kier molecular flexibility index (Phi) is 5.53. The van der Waals surface area contributed by atoms with Crippen LogP contribution in [0, 0.1) is 6.92 Å². The lowest BCUT2D eigenvalue weighted by molar-refractivity contribution is -0.117. The van der Waals surface area contributed by atoms with Gasteiger partial charge in [0.2, 0.25) is 5.91 Å². The molecule has 0 aliphatic rings. The number of allylic oxidation sites excluding steroid dienone is 1. The number of carbonyl (C=O) groups is 2. The van der Waals surface area contributed by atoms with Gasteiger partial charge >= 0.3 is 6.03 Å². The quantitative estimate of drug-likeness (QED) is 0.620. The topological polar surface area (TPSA) is 103 Å². The van der Waals surface area contributed by atoms with Crippen molar-refractivity contribution in [2.45, 2.75) is 18.6 Å². The van der Waals surface area contributed by atoms with E-state index in [0.717, 1.165) is 11.1 Å². The number of nitrogens with one attached hydrogen (secondary N) is 1. The first-order valence-electron chi connectivity index (χ1n) is 6.84. The van der Waals surface area contributed by atoms with Gasteiger partial charge in [-0.2, -0.15) is 0 Å². The van der Waals surface area contributed by atoms with E-state index in [9.17, 15) is 9.59 Å². The molecule has 7 nitrogen and oxygen atoms in total. The van der Waals surface area contributed by atoms with Crippen molar-refractivity contribution in [2.24, 2.45) is 5.73 Å². The van der Waals surface area contributed by atoms with Gasteiger partial charge in [0.25, 0.3) is 0 Å². The number of amides is 3. The summed E-state index contributed by atoms with van der Waals surface area (Å²) in [5, 5.41) is 10.9. The molecular formula is C15H17N5O2S. The maximum Gasteiger partial charge on any atom is 0.318 e. The van der Waals surface area contributed by atoms with Gasteiger partial charge in [-0.05, 0) is 13.0 Å². The van der Waals surface area contributed by atoms with Crippen molar-refractivity contribution in [3.05, 3.63) is 42.5 Å². The number of nitrogens with two attached hydrogens (primary N) is 1. The van der Waals surface area contributed by atoms with Crippen LogP contribution < -0.4 is 11.1 Å². The van der Waals surface area contributed by atoms with Crippen LogP contribution >= 0.6 is 11.8 Å². The monoisotopic (exact) mass is 331 g/mol. The molecule has 8 heteroatoms. The van der Waals surface area contributed by atoms with Gasteiger partial charge in [-0.1, -0.05) is 41.6 Å². The highest BCUT2D eigenvalue weighted by molar-refractivity contribution is 7.99. The molecule has 2 rings (SSSR count). The summed E-state index contributed by atoms with van der Waals surface area (Å²) in [6.45, 7) is 6.25. The zero-order chi connectivity index (χ0) is 16.8. The van der Waals surface area contributed by atoms with Gasteiger partial charge in [0.1, 0.15) is 0 Å². The normalized spacial score (nSPS) is 10.3. The molecule has 0 bridgehead atoms. The first-order chi connectivity index (χ1) is 11.0. The molecule has 3 N–H and O–H groups in total. The molecule has 0 saturated carbocycles. The number of thioether (sulfide) groups is 1. The summed E-state index contributed by atoms with van der Waals surface area (Å²) in [6, 6.07) is 7.04. The summed E-state index contributed by atoms with van der Waals surface area (Å²) in [7, 11) is 0. The van der Waals surface area contributed by atoms with E-state index in [1.165, 1.54) is 11.8 Å². The number of carbonyl (C=O) groups excluding carboxylic acids is 2. The highest BCUT2D eigenvalue weighted by atomic mass is 32.2. The number of nitrogens with zero attached hydrogens (tertiary/aromatic N) is 3. The van der Waals surface area contributed by atoms with E-state index >= 15 is 0 Å². The predicted molar refractivity (Wildman–Crippen MR) is 88.8 cm³/mol. The van der Waals surface area contributed by atoms with Gasteiger partial charge in [-0.3, -0.25) is 14.7 Å². The van der Waals surface area contributed by atoms with Crippen LogP contribution in [0.5, 0.6) is 0 Å². The minimum atomic E-state index is -0.872. The maximum atomic E-state index is 11.5. The predicted octanol–water partition coefficient (Wildman–Crippen LogP) is 1.73. The lowest BCUT2D eigenvalue weighted by atomic mass is 10.1. The average molecular weight is 331 g/mol. The molecule has 1 aromatic carbocycles. The number of rotatable bonds is 6. The van der Waals surface area contributed by atoms with Crippen LogP contribution in [0.25, 0.3) is 11.4 Å². The molecule has 0 aliphatic carbocycles. The molecule has 2 aromatic rings. The molecule has 0 atom stereocenters. The average Bonchev–Trinajstić information content (AvgIpc) is 2.88. The fraction of sp³-hybridized carbons (Fsp3) is 0.200. The summed E-state index contributed by atoms with van der Waals surface area (Å²) in [4.78, 5) is 22.2. The lowest BCUT2D eigenvalue weighted by Crippen LogP contribution is -2.36. The SMILES string of the molecule is C=CCn1c(SCC(=O)NC(N)=O)nnc1-c1cccc(C)c1. The zero-order valence-corrected chi connectivity index (χ0v) is 13.5. The number of urea groups is 1. The number of primary amides is 1. The van der Waals surface area contributed by atoms with E-state index in [4.69, 9.17) is 5.73 Å². The molecule has 0 saturated heterocycles. The first kappa shape index (κ1) is 16.8. The molecular weight excluding hydrogens is 314 g/mol. The largest absolute Gasteiger partial charge is 0.351 e. The van der Waals surface area contributed by atoms with Gasteiger partial charge in [0.05, 0.1) is 5.75 Å². The summed E-state index contributed by atoms with van der Waals surface area (Å²) in [6.07, 6.45) is 1.73. The Morgan fingerprint density at radius 1 is 1.43 bits per heavy atom. The maximum absolute atomic E-state index is 11.5. The summed E-state index contributed by atoms with van der Waals surface area (Å²) < 4.78 is 1.87. The van der Waals surface area contributed by atoms with Crippen LogP contribution in [0.2, 0.25) is 0 Å². The Morgan fingerprint density at radius 3 is 2.87 bits per heavy atom. The Hall–Kier alpha value is -2.61. The van der Waals surface area contributed by atoms with E-state index < -0.39 is 11.9 Å². The molecule has 23 heavy (non-hydrogen) atoms. The smallest absolute Gasteiger partial charge is 0.318 e. The number of hydrogen-bond acceptors (Lipinski definition) is 5. The van der Waals surface area contributed by atoms with Crippen molar-refractivity contribution < 1.29 is 9.59 Å². The Balaban J connectivity index is 2.23. The number of imide groups is 1. The lowest BCUT2D eigenvalue weighted by Gasteiger charge is -2.08. The van der Waals surface area contributed by atoms with Crippen molar-refractivity contribution >= 4 is 23.7 Å². The molecule has 3 amide bonds. The fourth-order valence-corrected chi connectivity index (χ4v) is 2.74. The van der Waals surface area contributed by atoms with Crippen LogP contribution in [0.4, 0.5) is 4.79 Å². The van der Waals surface area contributed by atoms with E-state index in [2.05, 4.69) is 16.8 Å². The second kappa shape index (κ2) is 7.59. The van der Waals surface area contributed by atoms with Crippen molar-refractivity contribution in [3.8, 4) is 11.4 Å². The number of aryl methyl sites for hydroxylation is 1. The van der Waals surface area contributed by atoms with Crippen molar-refractivity contribution in [1.82, 2.24) is 20.1 Å². The van der Waals surface area contributed by atoms with E-state index in [-0.39, 0.29) is 5.75 Å². The minimum Gasteiger partial charge on any atom is -0.351 e. The molecule has 1 heterocycles. The van der Waals surface area contributed by atoms with Crippen LogP contribution in [-0.4, -0.2) is 32.5 Å². The van der Waals surface area contributed by atoms with Gasteiger partial charge < -0.3 is 5.73 Å². The van der Waals surface area contributed by atoms with Gasteiger partial charge in [-0.15, -0.1) is 16.8 Å². The van der Waals surface area contributed by atoms with Crippen molar-refractivity contribution in [2.75, 3.05) is 5.75 Å². The van der Waals surface area contributed by atoms with Gasteiger partial charge in [0.15, 0.2) is 11.0 Å². The van der Waals surface area contributed by atoms with Crippen LogP contribution in [0.3, 0.4) is 0 Å². The fourth-order valence-electron chi connectivity index (χ4n) is 1.99. The van der Waals surface area contributed by atoms with Gasteiger partial charge in [0, 0.05) is 12.1 Å². The van der Waals surface area contributed by atoms with Crippen LogP contribution in [0.15, 0.2) is 42.1 Å². The first-order valence-corrected chi connectivity index (χ1v) is 7.83. The standard InChI is InChI=1S/C15H17N5O2S/c1-3-7-20-13(11-6-4-5-10(2)8-11)18-19-15(20)23-9-12(21)17-14(16)22/h3-6,8H,1,7,9H2,2H3,(H3,16,17,21,22). The number of hydrogen-bond donors (Lipinski definition) is 2. The molecule has 0 fully saturated rings. The summed E-state index contributed by atoms with van der Waals surface area (Å²) in [5.74, 6) is 0.241. The van der Waals surface area contributed by atoms with Crippen LogP contribution in [0.1, 0.15) is 5.56 Å². The zero-order valence-electron chi connectivity index (χ0n) is 12.7. The number of benzene rings is 1. The minimum absolute atomic E-state index is 0.0199. The highest BCUT2D eigenvalue weighted by Crippen LogP contribution is 2.24. The third-order valence-corrected chi connectivity index (χ3v) is 3.87. The van der Waals surface area contributed by atoms with E-state index in [1.54, 1.807) is 6.08 Å². The Bertz CT molecular complexity index is 741. The Morgan fingerprint density at radius 2 is 2.22 bits per heavy atom. The molecule has 0 radical (unpaired) electrons. The third-order valence-electron chi connectivity index (χ3n) is 2.90. The van der Waals surface area contributed by atoms with Crippen molar-refractivity contribution in [1.29, 1.82) is 0 Å². The second-order valence-corrected chi connectivity index (χ2v) is 5.72. The van der Waals surface area contributed by atoms with E-state index in [1.807, 2.05) is 41.1 Å². The summed E-state index contributed by atoms with van der Waals surface area (Å²) >= 11 is 1.18. The molecule has 0 aliphatic heterocycles. The molecule has 0 unspecified atom stereocenters. The third kappa shape index (κ3) is 4.43. The van der Waals surface area contributed by atoms with Gasteiger partial charge in [-0.25, -0.2) is 4.79 Å².